The Bertz CT molecular complexity index is 704. The number of carbonyl (C=O) groups is 2. The average molecular weight is 357 g/mol. The molecule has 1 aliphatic rings. The lowest BCUT2D eigenvalue weighted by Gasteiger charge is -2.32. The largest absolute Gasteiger partial charge is 0.466 e. The maximum Gasteiger partial charge on any atom is 0.387 e. The summed E-state index contributed by atoms with van der Waals surface area (Å²) in [6.45, 7) is -1.65. The van der Waals surface area contributed by atoms with E-state index in [9.17, 15) is 18.4 Å². The minimum atomic E-state index is -3.06. The predicted molar refractivity (Wildman–Crippen MR) is 82.2 cm³/mol. The van der Waals surface area contributed by atoms with Crippen molar-refractivity contribution in [3.63, 3.8) is 0 Å². The number of benzene rings is 1. The predicted octanol–water partition coefficient (Wildman–Crippen LogP) is 1.99. The fourth-order valence-electron chi connectivity index (χ4n) is 2.37. The van der Waals surface area contributed by atoms with E-state index in [2.05, 4.69) is 9.47 Å². The second kappa shape index (κ2) is 7.93. The Labute approximate surface area is 142 Å². The van der Waals surface area contributed by atoms with Crippen LogP contribution < -0.4 is 9.64 Å². The fraction of sp³-hybridized carbons (Fsp3) is 0.375. The molecule has 0 saturated heterocycles. The third-order valence-electron chi connectivity index (χ3n) is 3.45. The molecule has 0 unspecified atom stereocenters. The molecular formula is C16H17F2NO6. The standard InChI is InChI=1S/C16H17F2NO6/c1-9-4-5-12(25-16(17)18)11(6-9)19-8-24-7-10(14(20)22-2)13(19)15(21)23-3/h4-6,16H,7-8H2,1-3H3. The Kier molecular flexibility index (Phi) is 5.92. The Morgan fingerprint density at radius 1 is 1.20 bits per heavy atom. The highest BCUT2D eigenvalue weighted by Crippen LogP contribution is 2.35. The zero-order valence-corrected chi connectivity index (χ0v) is 13.9. The first kappa shape index (κ1) is 18.7. The molecule has 0 fully saturated rings. The monoisotopic (exact) mass is 357 g/mol. The minimum Gasteiger partial charge on any atom is -0.466 e. The van der Waals surface area contributed by atoms with Crippen LogP contribution in [0.2, 0.25) is 0 Å². The van der Waals surface area contributed by atoms with Crippen molar-refractivity contribution in [1.29, 1.82) is 0 Å². The van der Waals surface area contributed by atoms with E-state index in [4.69, 9.17) is 9.47 Å². The van der Waals surface area contributed by atoms with E-state index in [1.807, 2.05) is 0 Å². The number of halogens is 2. The first-order valence-corrected chi connectivity index (χ1v) is 7.19. The number of alkyl halides is 2. The summed E-state index contributed by atoms with van der Waals surface area (Å²) < 4.78 is 44.6. The van der Waals surface area contributed by atoms with Crippen LogP contribution in [-0.2, 0) is 23.8 Å². The van der Waals surface area contributed by atoms with Crippen molar-refractivity contribution in [3.05, 3.63) is 35.0 Å². The number of rotatable bonds is 5. The zero-order chi connectivity index (χ0) is 18.6. The second-order valence-electron chi connectivity index (χ2n) is 5.07. The molecule has 0 atom stereocenters. The van der Waals surface area contributed by atoms with Gasteiger partial charge in [-0.15, -0.1) is 0 Å². The molecule has 0 N–H and O–H groups in total. The van der Waals surface area contributed by atoms with Crippen LogP contribution in [0.3, 0.4) is 0 Å². The number of hydrogen-bond acceptors (Lipinski definition) is 7. The Balaban J connectivity index is 2.61. The van der Waals surface area contributed by atoms with Gasteiger partial charge in [-0.1, -0.05) is 6.07 Å². The molecular weight excluding hydrogens is 340 g/mol. The molecule has 0 spiro atoms. The van der Waals surface area contributed by atoms with Gasteiger partial charge in [-0.05, 0) is 24.6 Å². The zero-order valence-electron chi connectivity index (χ0n) is 13.9. The van der Waals surface area contributed by atoms with Crippen molar-refractivity contribution in [2.45, 2.75) is 13.5 Å². The van der Waals surface area contributed by atoms with Gasteiger partial charge in [0, 0.05) is 0 Å². The number of hydrogen-bond donors (Lipinski definition) is 0. The highest BCUT2D eigenvalue weighted by molar-refractivity contribution is 6.03. The maximum atomic E-state index is 12.7. The van der Waals surface area contributed by atoms with E-state index >= 15 is 0 Å². The summed E-state index contributed by atoms with van der Waals surface area (Å²) in [6, 6.07) is 4.46. The van der Waals surface area contributed by atoms with Gasteiger partial charge in [0.15, 0.2) is 0 Å². The SMILES string of the molecule is COC(=O)C1=C(C(=O)OC)N(c2cc(C)ccc2OC(F)F)COC1. The van der Waals surface area contributed by atoms with Crippen LogP contribution in [0.25, 0.3) is 0 Å². The summed E-state index contributed by atoms with van der Waals surface area (Å²) in [4.78, 5) is 25.4. The van der Waals surface area contributed by atoms with Crippen LogP contribution in [0.15, 0.2) is 29.5 Å². The molecule has 0 radical (unpaired) electrons. The number of esters is 2. The summed E-state index contributed by atoms with van der Waals surface area (Å²) in [6.07, 6.45) is 0. The Hall–Kier alpha value is -2.68. The van der Waals surface area contributed by atoms with E-state index in [-0.39, 0.29) is 36.0 Å². The molecule has 25 heavy (non-hydrogen) atoms. The molecule has 1 aromatic carbocycles. The molecule has 0 aromatic heterocycles. The van der Waals surface area contributed by atoms with Crippen molar-refractivity contribution in [1.82, 2.24) is 0 Å². The Morgan fingerprint density at radius 2 is 1.88 bits per heavy atom. The Morgan fingerprint density at radius 3 is 2.48 bits per heavy atom. The normalized spacial score (nSPS) is 14.6. The lowest BCUT2D eigenvalue weighted by Crippen LogP contribution is -2.39. The molecule has 9 heteroatoms. The highest BCUT2D eigenvalue weighted by Gasteiger charge is 2.34. The summed E-state index contributed by atoms with van der Waals surface area (Å²) in [5, 5.41) is 0. The minimum absolute atomic E-state index is 0.0786. The van der Waals surface area contributed by atoms with Crippen molar-refractivity contribution in [2.24, 2.45) is 0 Å². The molecule has 1 aliphatic heterocycles. The molecule has 7 nitrogen and oxygen atoms in total. The van der Waals surface area contributed by atoms with Gasteiger partial charge >= 0.3 is 18.6 Å². The molecule has 0 aliphatic carbocycles. The van der Waals surface area contributed by atoms with Crippen molar-refractivity contribution in [3.8, 4) is 5.75 Å². The summed E-state index contributed by atoms with van der Waals surface area (Å²) in [5.74, 6) is -1.78. The van der Waals surface area contributed by atoms with Crippen molar-refractivity contribution in [2.75, 3.05) is 32.5 Å². The van der Waals surface area contributed by atoms with Gasteiger partial charge in [0.25, 0.3) is 0 Å². The van der Waals surface area contributed by atoms with Gasteiger partial charge in [0.1, 0.15) is 18.2 Å². The molecule has 1 heterocycles. The van der Waals surface area contributed by atoms with Crippen LogP contribution in [-0.4, -0.2) is 46.1 Å². The number of nitrogens with zero attached hydrogens (tertiary/aromatic N) is 1. The smallest absolute Gasteiger partial charge is 0.387 e. The van der Waals surface area contributed by atoms with Gasteiger partial charge in [0.2, 0.25) is 0 Å². The number of anilines is 1. The molecule has 136 valence electrons. The first-order valence-electron chi connectivity index (χ1n) is 7.19. The molecule has 0 saturated carbocycles. The van der Waals surface area contributed by atoms with Gasteiger partial charge in [-0.25, -0.2) is 9.59 Å². The van der Waals surface area contributed by atoms with Gasteiger partial charge in [-0.3, -0.25) is 0 Å². The van der Waals surface area contributed by atoms with Crippen LogP contribution in [0.5, 0.6) is 5.75 Å². The van der Waals surface area contributed by atoms with E-state index in [0.717, 1.165) is 19.8 Å². The number of aryl methyl sites for hydroxylation is 1. The van der Waals surface area contributed by atoms with Crippen LogP contribution in [0.1, 0.15) is 5.56 Å². The van der Waals surface area contributed by atoms with E-state index in [1.165, 1.54) is 17.0 Å². The van der Waals surface area contributed by atoms with Crippen molar-refractivity contribution < 1.29 is 37.3 Å². The van der Waals surface area contributed by atoms with Crippen molar-refractivity contribution >= 4 is 17.6 Å². The summed E-state index contributed by atoms with van der Waals surface area (Å²) in [5.41, 5.74) is 0.642. The summed E-state index contributed by atoms with van der Waals surface area (Å²) >= 11 is 0. The third-order valence-corrected chi connectivity index (χ3v) is 3.45. The van der Waals surface area contributed by atoms with Gasteiger partial charge in [0.05, 0.1) is 32.1 Å². The molecule has 1 aromatic rings. The van der Waals surface area contributed by atoms with E-state index in [1.54, 1.807) is 13.0 Å². The van der Waals surface area contributed by atoms with Crippen LogP contribution in [0.4, 0.5) is 14.5 Å². The fourth-order valence-corrected chi connectivity index (χ4v) is 2.37. The topological polar surface area (TPSA) is 74.3 Å². The van der Waals surface area contributed by atoms with Crippen LogP contribution in [0, 0.1) is 6.92 Å². The molecule has 2 rings (SSSR count). The lowest BCUT2D eigenvalue weighted by atomic mass is 10.1. The summed E-state index contributed by atoms with van der Waals surface area (Å²) in [7, 11) is 2.30. The average Bonchev–Trinajstić information content (AvgIpc) is 2.60. The molecule has 0 bridgehead atoms. The lowest BCUT2D eigenvalue weighted by molar-refractivity contribution is -0.140. The number of methoxy groups -OCH3 is 2. The number of ether oxygens (including phenoxy) is 4. The third kappa shape index (κ3) is 4.05. The quantitative estimate of drug-likeness (QED) is 0.746. The first-order chi connectivity index (χ1) is 11.9. The van der Waals surface area contributed by atoms with E-state index in [0.29, 0.717) is 0 Å². The van der Waals surface area contributed by atoms with Crippen LogP contribution >= 0.6 is 0 Å². The number of carbonyl (C=O) groups excluding carboxylic acids is 2. The molecule has 0 amide bonds. The maximum absolute atomic E-state index is 12.7. The second-order valence-corrected chi connectivity index (χ2v) is 5.07. The van der Waals surface area contributed by atoms with Gasteiger partial charge in [-0.2, -0.15) is 8.78 Å². The van der Waals surface area contributed by atoms with Gasteiger partial charge < -0.3 is 23.8 Å². The highest BCUT2D eigenvalue weighted by atomic mass is 19.3. The van der Waals surface area contributed by atoms with E-state index < -0.39 is 18.6 Å².